The van der Waals surface area contributed by atoms with Crippen LogP contribution in [0.4, 0.5) is 23.5 Å². The Balaban J connectivity index is 1.72. The van der Waals surface area contributed by atoms with Crippen LogP contribution in [0.5, 0.6) is 0 Å². The molecule has 0 radical (unpaired) electrons. The summed E-state index contributed by atoms with van der Waals surface area (Å²) >= 11 is 9.44. The quantitative estimate of drug-likeness (QED) is 0.297. The number of aromatic amines is 1. The summed E-state index contributed by atoms with van der Waals surface area (Å²) in [6.45, 7) is 0.300. The van der Waals surface area contributed by atoms with E-state index in [9.17, 15) is 13.2 Å². The standard InChI is InChI=1S/C22H14BrClF4N4/c23-11-1-3-14(16(25)9-11)20-19-13(15-10-12(24)2-4-17(15)30-19)6-8-32(20)21-29-7-5-18(31-21)22(26,27)28/h1-5,7,9-10,20,30H,6,8H2. The van der Waals surface area contributed by atoms with E-state index in [0.717, 1.165) is 28.7 Å². The van der Waals surface area contributed by atoms with Crippen LogP contribution < -0.4 is 4.90 Å². The largest absolute Gasteiger partial charge is 0.433 e. The van der Waals surface area contributed by atoms with Crippen molar-refractivity contribution in [2.75, 3.05) is 11.4 Å². The van der Waals surface area contributed by atoms with Gasteiger partial charge in [0.05, 0.1) is 0 Å². The first-order valence-electron chi connectivity index (χ1n) is 9.64. The second-order valence-corrected chi connectivity index (χ2v) is 8.81. The molecule has 2 aromatic carbocycles. The van der Waals surface area contributed by atoms with Crippen molar-refractivity contribution in [1.82, 2.24) is 15.0 Å². The van der Waals surface area contributed by atoms with Gasteiger partial charge in [-0.05, 0) is 48.4 Å². The fourth-order valence-corrected chi connectivity index (χ4v) is 4.67. The molecular formula is C22H14BrClF4N4. The lowest BCUT2D eigenvalue weighted by Gasteiger charge is -2.36. The Morgan fingerprint density at radius 3 is 2.69 bits per heavy atom. The number of aromatic nitrogens is 3. The third kappa shape index (κ3) is 3.63. The lowest BCUT2D eigenvalue weighted by Crippen LogP contribution is -2.38. The van der Waals surface area contributed by atoms with Crippen molar-refractivity contribution in [3.63, 3.8) is 0 Å². The van der Waals surface area contributed by atoms with Crippen LogP contribution >= 0.6 is 27.5 Å². The summed E-state index contributed by atoms with van der Waals surface area (Å²) in [6.07, 6.45) is -3.04. The minimum absolute atomic E-state index is 0.116. The van der Waals surface area contributed by atoms with Gasteiger partial charge in [-0.15, -0.1) is 0 Å². The maximum Gasteiger partial charge on any atom is 0.433 e. The van der Waals surface area contributed by atoms with E-state index in [0.29, 0.717) is 33.7 Å². The summed E-state index contributed by atoms with van der Waals surface area (Å²) in [6, 6.07) is 10.1. The van der Waals surface area contributed by atoms with Crippen LogP contribution in [-0.2, 0) is 12.6 Å². The molecule has 1 aliphatic heterocycles. The van der Waals surface area contributed by atoms with E-state index in [1.807, 2.05) is 12.1 Å². The molecule has 1 atom stereocenters. The topological polar surface area (TPSA) is 44.8 Å². The summed E-state index contributed by atoms with van der Waals surface area (Å²) < 4.78 is 55.5. The van der Waals surface area contributed by atoms with E-state index in [-0.39, 0.29) is 5.95 Å². The van der Waals surface area contributed by atoms with Crippen LogP contribution in [0.1, 0.15) is 28.6 Å². The molecule has 10 heteroatoms. The molecule has 1 unspecified atom stereocenters. The zero-order valence-corrected chi connectivity index (χ0v) is 18.6. The van der Waals surface area contributed by atoms with Gasteiger partial charge in [-0.25, -0.2) is 14.4 Å². The van der Waals surface area contributed by atoms with Gasteiger partial charge in [-0.2, -0.15) is 13.2 Å². The van der Waals surface area contributed by atoms with Crippen LogP contribution in [0.3, 0.4) is 0 Å². The number of nitrogens with zero attached hydrogens (tertiary/aromatic N) is 3. The highest BCUT2D eigenvalue weighted by atomic mass is 79.9. The monoisotopic (exact) mass is 524 g/mol. The highest BCUT2D eigenvalue weighted by Gasteiger charge is 2.37. The van der Waals surface area contributed by atoms with Crippen molar-refractivity contribution in [2.24, 2.45) is 0 Å². The molecule has 0 saturated carbocycles. The number of nitrogens with one attached hydrogen (secondary N) is 1. The molecule has 1 aliphatic rings. The Labute approximate surface area is 193 Å². The van der Waals surface area contributed by atoms with Gasteiger partial charge in [-0.1, -0.05) is 33.6 Å². The van der Waals surface area contributed by atoms with Gasteiger partial charge in [-0.3, -0.25) is 0 Å². The molecule has 0 fully saturated rings. The summed E-state index contributed by atoms with van der Waals surface area (Å²) in [4.78, 5) is 12.8. The summed E-state index contributed by atoms with van der Waals surface area (Å²) in [5.41, 5.74) is 1.68. The number of hydrogen-bond donors (Lipinski definition) is 1. The summed E-state index contributed by atoms with van der Waals surface area (Å²) in [7, 11) is 0. The van der Waals surface area contributed by atoms with Crippen LogP contribution in [0, 0.1) is 5.82 Å². The Kier molecular flexibility index (Phi) is 5.13. The maximum absolute atomic E-state index is 15.1. The van der Waals surface area contributed by atoms with Gasteiger partial charge in [0.1, 0.15) is 17.6 Å². The smallest absolute Gasteiger partial charge is 0.356 e. The second kappa shape index (κ2) is 7.74. The van der Waals surface area contributed by atoms with Crippen LogP contribution in [0.25, 0.3) is 10.9 Å². The van der Waals surface area contributed by atoms with Gasteiger partial charge in [0.2, 0.25) is 5.95 Å². The number of fused-ring (bicyclic) bond motifs is 3. The molecule has 164 valence electrons. The van der Waals surface area contributed by atoms with Crippen LogP contribution in [0.2, 0.25) is 5.02 Å². The van der Waals surface area contributed by atoms with Gasteiger partial charge in [0.25, 0.3) is 0 Å². The zero-order chi connectivity index (χ0) is 22.6. The highest BCUT2D eigenvalue weighted by Crippen LogP contribution is 2.42. The molecular weight excluding hydrogens is 512 g/mol. The number of anilines is 1. The van der Waals surface area contributed by atoms with Gasteiger partial charge < -0.3 is 9.88 Å². The molecule has 0 amide bonds. The van der Waals surface area contributed by atoms with Gasteiger partial charge >= 0.3 is 6.18 Å². The zero-order valence-electron chi connectivity index (χ0n) is 16.2. The lowest BCUT2D eigenvalue weighted by molar-refractivity contribution is -0.141. The fraction of sp³-hybridized carbons (Fsp3) is 0.182. The molecule has 0 bridgehead atoms. The van der Waals surface area contributed by atoms with Crippen molar-refractivity contribution < 1.29 is 17.6 Å². The Morgan fingerprint density at radius 2 is 1.94 bits per heavy atom. The molecule has 3 heterocycles. The normalized spacial score (nSPS) is 16.4. The predicted molar refractivity (Wildman–Crippen MR) is 117 cm³/mol. The van der Waals surface area contributed by atoms with Crippen LogP contribution in [0.15, 0.2) is 53.1 Å². The van der Waals surface area contributed by atoms with E-state index in [1.165, 1.54) is 6.07 Å². The number of rotatable bonds is 2. The second-order valence-electron chi connectivity index (χ2n) is 7.46. The van der Waals surface area contributed by atoms with Crippen molar-refractivity contribution >= 4 is 44.4 Å². The molecule has 0 spiro atoms. The first-order valence-corrected chi connectivity index (χ1v) is 10.8. The fourth-order valence-electron chi connectivity index (χ4n) is 4.17. The third-order valence-corrected chi connectivity index (χ3v) is 6.26. The highest BCUT2D eigenvalue weighted by molar-refractivity contribution is 9.10. The van der Waals surface area contributed by atoms with Gasteiger partial charge in [0, 0.05) is 44.4 Å². The Bertz CT molecular complexity index is 1340. The number of H-pyrrole nitrogens is 1. The van der Waals surface area contributed by atoms with E-state index in [2.05, 4.69) is 30.9 Å². The third-order valence-electron chi connectivity index (χ3n) is 5.54. The minimum atomic E-state index is -4.62. The molecule has 2 aromatic heterocycles. The predicted octanol–water partition coefficient (Wildman–Crippen LogP) is 6.68. The SMILES string of the molecule is Fc1cc(Br)ccc1C1c2[nH]c3ccc(Cl)cc3c2CCN1c1nccc(C(F)(F)F)n1. The molecule has 5 rings (SSSR count). The number of alkyl halides is 3. The average molecular weight is 526 g/mol. The molecule has 32 heavy (non-hydrogen) atoms. The van der Waals surface area contributed by atoms with E-state index >= 15 is 4.39 Å². The maximum atomic E-state index is 15.1. The number of hydrogen-bond acceptors (Lipinski definition) is 3. The lowest BCUT2D eigenvalue weighted by atomic mass is 9.92. The first kappa shape index (κ1) is 21.2. The molecule has 4 nitrogen and oxygen atoms in total. The van der Waals surface area contributed by atoms with Crippen molar-refractivity contribution in [3.8, 4) is 0 Å². The van der Waals surface area contributed by atoms with E-state index < -0.39 is 23.7 Å². The number of halogens is 6. The Morgan fingerprint density at radius 1 is 1.12 bits per heavy atom. The average Bonchev–Trinajstić information content (AvgIpc) is 3.11. The summed E-state index contributed by atoms with van der Waals surface area (Å²) in [5, 5.41) is 1.47. The molecule has 0 aliphatic carbocycles. The summed E-state index contributed by atoms with van der Waals surface area (Å²) in [5.74, 6) is -0.611. The van der Waals surface area contributed by atoms with Crippen molar-refractivity contribution in [1.29, 1.82) is 0 Å². The van der Waals surface area contributed by atoms with Gasteiger partial charge in [0.15, 0.2) is 0 Å². The first-order chi connectivity index (χ1) is 15.2. The van der Waals surface area contributed by atoms with E-state index in [1.54, 1.807) is 23.1 Å². The van der Waals surface area contributed by atoms with Crippen LogP contribution in [-0.4, -0.2) is 21.5 Å². The molecule has 0 saturated heterocycles. The van der Waals surface area contributed by atoms with E-state index in [4.69, 9.17) is 11.6 Å². The Hall–Kier alpha value is -2.65. The minimum Gasteiger partial charge on any atom is -0.356 e. The van der Waals surface area contributed by atoms with Crippen molar-refractivity contribution in [3.05, 3.63) is 86.5 Å². The molecule has 1 N–H and O–H groups in total. The number of benzene rings is 2. The molecule has 4 aromatic rings. The van der Waals surface area contributed by atoms with Crippen molar-refractivity contribution in [2.45, 2.75) is 18.6 Å².